The van der Waals surface area contributed by atoms with Crippen LogP contribution in [0.4, 0.5) is 0 Å². The molecule has 2 fully saturated rings. The predicted octanol–water partition coefficient (Wildman–Crippen LogP) is 2.26. The van der Waals surface area contributed by atoms with Crippen molar-refractivity contribution >= 4 is 11.0 Å². The Balaban J connectivity index is 1.61. The van der Waals surface area contributed by atoms with Crippen molar-refractivity contribution in [2.75, 3.05) is 19.6 Å². The summed E-state index contributed by atoms with van der Waals surface area (Å²) in [7, 11) is 0. The van der Waals surface area contributed by atoms with E-state index in [0.29, 0.717) is 18.1 Å². The van der Waals surface area contributed by atoms with E-state index in [1.807, 2.05) is 0 Å². The van der Waals surface area contributed by atoms with Crippen LogP contribution in [0.25, 0.3) is 11.0 Å². The van der Waals surface area contributed by atoms with E-state index in [0.717, 1.165) is 43.9 Å². The Kier molecular flexibility index (Phi) is 4.11. The fourth-order valence-corrected chi connectivity index (χ4v) is 4.46. The summed E-state index contributed by atoms with van der Waals surface area (Å²) in [6, 6.07) is 9.81. The van der Waals surface area contributed by atoms with Crippen LogP contribution in [-0.2, 0) is 6.54 Å². The van der Waals surface area contributed by atoms with Crippen molar-refractivity contribution in [2.45, 2.75) is 58.0 Å². The average molecular weight is 328 g/mol. The van der Waals surface area contributed by atoms with Crippen LogP contribution in [0.3, 0.4) is 0 Å². The molecule has 4 rings (SSSR count). The summed E-state index contributed by atoms with van der Waals surface area (Å²) in [5.41, 5.74) is 2.31. The lowest BCUT2D eigenvalue weighted by Gasteiger charge is -2.42. The van der Waals surface area contributed by atoms with Crippen LogP contribution in [-0.4, -0.2) is 62.3 Å². The van der Waals surface area contributed by atoms with E-state index < -0.39 is 0 Å². The third-order valence-corrected chi connectivity index (χ3v) is 5.60. The zero-order valence-corrected chi connectivity index (χ0v) is 14.9. The van der Waals surface area contributed by atoms with E-state index in [2.05, 4.69) is 59.4 Å². The lowest BCUT2D eigenvalue weighted by molar-refractivity contribution is 0.0503. The summed E-state index contributed by atoms with van der Waals surface area (Å²) >= 11 is 0. The molecule has 2 aromatic rings. The van der Waals surface area contributed by atoms with Crippen LogP contribution in [0.15, 0.2) is 24.3 Å². The number of nitrogens with zero attached hydrogens (tertiary/aromatic N) is 4. The minimum atomic E-state index is -0.151. The van der Waals surface area contributed by atoms with Gasteiger partial charge in [-0.2, -0.15) is 0 Å². The topological polar surface area (TPSA) is 44.5 Å². The van der Waals surface area contributed by atoms with Gasteiger partial charge < -0.3 is 9.67 Å². The fourth-order valence-electron chi connectivity index (χ4n) is 4.46. The molecule has 1 aromatic carbocycles. The highest BCUT2D eigenvalue weighted by molar-refractivity contribution is 5.76. The first-order chi connectivity index (χ1) is 11.5. The van der Waals surface area contributed by atoms with Crippen LogP contribution in [0.5, 0.6) is 0 Å². The molecular weight excluding hydrogens is 300 g/mol. The molecule has 5 nitrogen and oxygen atoms in total. The van der Waals surface area contributed by atoms with Crippen LogP contribution in [0.1, 0.15) is 39.1 Å². The lowest BCUT2D eigenvalue weighted by atomic mass is 10.1. The van der Waals surface area contributed by atoms with Crippen LogP contribution in [0.2, 0.25) is 0 Å². The van der Waals surface area contributed by atoms with E-state index in [-0.39, 0.29) is 6.10 Å². The Hall–Kier alpha value is -1.43. The van der Waals surface area contributed by atoms with E-state index in [1.165, 1.54) is 5.52 Å². The summed E-state index contributed by atoms with van der Waals surface area (Å²) in [6.45, 7) is 10.5. The number of aliphatic hydroxyl groups is 1. The molecule has 0 unspecified atom stereocenters. The molecule has 1 N–H and O–H groups in total. The predicted molar refractivity (Wildman–Crippen MR) is 96.0 cm³/mol. The van der Waals surface area contributed by atoms with E-state index >= 15 is 0 Å². The molecule has 0 amide bonds. The number of hydrogen-bond donors (Lipinski definition) is 1. The number of imidazole rings is 1. The highest BCUT2D eigenvalue weighted by Gasteiger charge is 2.38. The Bertz CT molecular complexity index is 725. The maximum Gasteiger partial charge on any atom is 0.124 e. The van der Waals surface area contributed by atoms with Crippen molar-refractivity contribution in [3.05, 3.63) is 30.1 Å². The van der Waals surface area contributed by atoms with Crippen molar-refractivity contribution in [3.8, 4) is 0 Å². The van der Waals surface area contributed by atoms with Gasteiger partial charge in [0.05, 0.1) is 23.7 Å². The minimum absolute atomic E-state index is 0.151. The second-order valence-corrected chi connectivity index (χ2v) is 7.76. The minimum Gasteiger partial charge on any atom is -0.392 e. The number of aromatic nitrogens is 2. The number of fused-ring (bicyclic) bond motifs is 2. The van der Waals surface area contributed by atoms with Gasteiger partial charge in [0.1, 0.15) is 5.82 Å². The van der Waals surface area contributed by atoms with Crippen molar-refractivity contribution in [2.24, 2.45) is 0 Å². The summed E-state index contributed by atoms with van der Waals surface area (Å²) < 4.78 is 2.37. The number of rotatable bonds is 3. The molecule has 0 radical (unpaired) electrons. The number of para-hydroxylation sites is 2. The maximum atomic E-state index is 9.96. The zero-order valence-electron chi connectivity index (χ0n) is 14.9. The molecule has 2 aliphatic rings. The Morgan fingerprint density at radius 1 is 1.21 bits per heavy atom. The number of aliphatic hydroxyl groups excluding tert-OH is 1. The molecule has 2 saturated heterocycles. The smallest absolute Gasteiger partial charge is 0.124 e. The molecule has 24 heavy (non-hydrogen) atoms. The summed E-state index contributed by atoms with van der Waals surface area (Å²) in [5.74, 6) is 1.16. The molecule has 130 valence electrons. The molecule has 5 heteroatoms. The van der Waals surface area contributed by atoms with Gasteiger partial charge in [0, 0.05) is 37.8 Å². The summed E-state index contributed by atoms with van der Waals surface area (Å²) in [4.78, 5) is 9.92. The van der Waals surface area contributed by atoms with Gasteiger partial charge in [0.25, 0.3) is 0 Å². The second kappa shape index (κ2) is 6.14. The van der Waals surface area contributed by atoms with Gasteiger partial charge in [-0.3, -0.25) is 9.80 Å². The normalized spacial score (nSPS) is 28.8. The third-order valence-electron chi connectivity index (χ3n) is 5.60. The van der Waals surface area contributed by atoms with Crippen molar-refractivity contribution in [1.29, 1.82) is 0 Å². The van der Waals surface area contributed by atoms with Gasteiger partial charge in [-0.05, 0) is 39.3 Å². The second-order valence-electron chi connectivity index (χ2n) is 7.76. The van der Waals surface area contributed by atoms with Gasteiger partial charge in [-0.1, -0.05) is 12.1 Å². The molecule has 1 aromatic heterocycles. The van der Waals surface area contributed by atoms with E-state index in [4.69, 9.17) is 4.98 Å². The number of benzene rings is 1. The van der Waals surface area contributed by atoms with Gasteiger partial charge >= 0.3 is 0 Å². The first-order valence-corrected chi connectivity index (χ1v) is 9.15. The van der Waals surface area contributed by atoms with Crippen molar-refractivity contribution in [3.63, 3.8) is 0 Å². The highest BCUT2D eigenvalue weighted by Crippen LogP contribution is 2.28. The average Bonchev–Trinajstić information content (AvgIpc) is 3.06. The van der Waals surface area contributed by atoms with Crippen LogP contribution < -0.4 is 0 Å². The van der Waals surface area contributed by atoms with E-state index in [9.17, 15) is 5.11 Å². The molecule has 2 aliphatic heterocycles. The highest BCUT2D eigenvalue weighted by atomic mass is 16.3. The van der Waals surface area contributed by atoms with Crippen molar-refractivity contribution in [1.82, 2.24) is 19.4 Å². The SMILES string of the molecule is CC(C)n1c(CN2C[C@@H]3C[C@@H](O)CN3C[C@@H]2C)nc2ccccc21. The molecule has 0 saturated carbocycles. The maximum absolute atomic E-state index is 9.96. The van der Waals surface area contributed by atoms with Gasteiger partial charge in [0.2, 0.25) is 0 Å². The van der Waals surface area contributed by atoms with E-state index in [1.54, 1.807) is 0 Å². The standard InChI is InChI=1S/C19H28N4O/c1-13(2)23-18-7-5-4-6-17(18)20-19(23)12-21-10-15-8-16(24)11-22(15)9-14(21)3/h4-7,13-16,24H,8-12H2,1-3H3/t14-,15-,16+/m0/s1. The molecule has 0 aliphatic carbocycles. The molecule has 3 atom stereocenters. The third kappa shape index (κ3) is 2.75. The Labute approximate surface area is 143 Å². The van der Waals surface area contributed by atoms with Crippen LogP contribution >= 0.6 is 0 Å². The van der Waals surface area contributed by atoms with Gasteiger partial charge in [-0.15, -0.1) is 0 Å². The van der Waals surface area contributed by atoms with Gasteiger partial charge in [0.15, 0.2) is 0 Å². The largest absolute Gasteiger partial charge is 0.392 e. The van der Waals surface area contributed by atoms with Gasteiger partial charge in [-0.25, -0.2) is 4.98 Å². The number of piperazine rings is 1. The zero-order chi connectivity index (χ0) is 16.8. The summed E-state index contributed by atoms with van der Waals surface area (Å²) in [6.07, 6.45) is 0.756. The summed E-state index contributed by atoms with van der Waals surface area (Å²) in [5, 5.41) is 9.96. The monoisotopic (exact) mass is 328 g/mol. The first kappa shape index (κ1) is 16.1. The molecule has 3 heterocycles. The quantitative estimate of drug-likeness (QED) is 0.939. The lowest BCUT2D eigenvalue weighted by Crippen LogP contribution is -2.54. The Morgan fingerprint density at radius 2 is 2.00 bits per heavy atom. The fraction of sp³-hybridized carbons (Fsp3) is 0.632. The number of hydrogen-bond acceptors (Lipinski definition) is 4. The molecule has 0 spiro atoms. The van der Waals surface area contributed by atoms with Crippen molar-refractivity contribution < 1.29 is 5.11 Å². The molecule has 0 bridgehead atoms. The Morgan fingerprint density at radius 3 is 2.79 bits per heavy atom. The molecular formula is C19H28N4O. The first-order valence-electron chi connectivity index (χ1n) is 9.15. The van der Waals surface area contributed by atoms with Crippen LogP contribution in [0, 0.1) is 0 Å².